The highest BCUT2D eigenvalue weighted by atomic mass is 79.9. The predicted molar refractivity (Wildman–Crippen MR) is 60.4 cm³/mol. The molecule has 1 aromatic carbocycles. The fourth-order valence-corrected chi connectivity index (χ4v) is 1.91. The molecular weight excluding hydrogens is 249 g/mol. The van der Waals surface area contributed by atoms with Crippen LogP contribution in [-0.2, 0) is 0 Å². The van der Waals surface area contributed by atoms with Gasteiger partial charge in [-0.15, -0.1) is 0 Å². The highest BCUT2D eigenvalue weighted by Crippen LogP contribution is 2.30. The van der Waals surface area contributed by atoms with Crippen LogP contribution in [0.3, 0.4) is 0 Å². The third kappa shape index (κ3) is 2.18. The van der Waals surface area contributed by atoms with Crippen LogP contribution in [0, 0.1) is 0 Å². The molecule has 0 atom stereocenters. The molecular formula is C10H11BrClN. The Kier molecular flexibility index (Phi) is 2.80. The number of hydrogen-bond acceptors (Lipinski definition) is 1. The lowest BCUT2D eigenvalue weighted by Crippen LogP contribution is -2.27. The van der Waals surface area contributed by atoms with Gasteiger partial charge in [0.25, 0.3) is 0 Å². The van der Waals surface area contributed by atoms with Gasteiger partial charge in [0.15, 0.2) is 0 Å². The highest BCUT2D eigenvalue weighted by molar-refractivity contribution is 9.10. The van der Waals surface area contributed by atoms with Crippen LogP contribution in [0.5, 0.6) is 0 Å². The molecule has 1 fully saturated rings. The van der Waals surface area contributed by atoms with Crippen molar-refractivity contribution < 1.29 is 0 Å². The van der Waals surface area contributed by atoms with Crippen molar-refractivity contribution in [1.29, 1.82) is 0 Å². The first-order chi connectivity index (χ1) is 6.25. The van der Waals surface area contributed by atoms with Crippen LogP contribution in [-0.4, -0.2) is 6.04 Å². The lowest BCUT2D eigenvalue weighted by molar-refractivity contribution is 0.445. The average molecular weight is 261 g/mol. The summed E-state index contributed by atoms with van der Waals surface area (Å²) in [4.78, 5) is 0. The number of nitrogens with one attached hydrogen (secondary N) is 1. The minimum Gasteiger partial charge on any atom is -0.381 e. The number of rotatable bonds is 2. The van der Waals surface area contributed by atoms with E-state index in [-0.39, 0.29) is 0 Å². The molecule has 0 unspecified atom stereocenters. The van der Waals surface area contributed by atoms with E-state index in [1.54, 1.807) is 0 Å². The molecule has 1 saturated carbocycles. The summed E-state index contributed by atoms with van der Waals surface area (Å²) in [7, 11) is 0. The molecule has 3 heteroatoms. The Balaban J connectivity index is 2.13. The first kappa shape index (κ1) is 9.35. The zero-order valence-corrected chi connectivity index (χ0v) is 9.53. The van der Waals surface area contributed by atoms with Crippen LogP contribution in [0.25, 0.3) is 0 Å². The molecule has 1 N–H and O–H groups in total. The molecule has 0 saturated heterocycles. The molecule has 0 heterocycles. The molecule has 0 spiro atoms. The van der Waals surface area contributed by atoms with E-state index in [2.05, 4.69) is 21.2 Å². The number of halogens is 2. The third-order valence-electron chi connectivity index (χ3n) is 2.39. The van der Waals surface area contributed by atoms with Gasteiger partial charge in [0.05, 0.1) is 5.69 Å². The van der Waals surface area contributed by atoms with Crippen molar-refractivity contribution in [3.8, 4) is 0 Å². The summed E-state index contributed by atoms with van der Waals surface area (Å²) < 4.78 is 1.09. The smallest absolute Gasteiger partial charge is 0.0501 e. The lowest BCUT2D eigenvalue weighted by atomic mass is 9.93. The molecule has 13 heavy (non-hydrogen) atoms. The summed E-state index contributed by atoms with van der Waals surface area (Å²) in [5.74, 6) is 0. The van der Waals surface area contributed by atoms with Gasteiger partial charge in [0, 0.05) is 15.5 Å². The Hall–Kier alpha value is -0.210. The average Bonchev–Trinajstić information content (AvgIpc) is 2.03. The fraction of sp³-hybridized carbons (Fsp3) is 0.400. The molecule has 0 radical (unpaired) electrons. The van der Waals surface area contributed by atoms with Gasteiger partial charge in [0.1, 0.15) is 0 Å². The monoisotopic (exact) mass is 259 g/mol. The van der Waals surface area contributed by atoms with Crippen molar-refractivity contribution in [2.24, 2.45) is 0 Å². The number of benzene rings is 1. The molecule has 2 rings (SSSR count). The molecule has 1 aromatic rings. The topological polar surface area (TPSA) is 12.0 Å². The Morgan fingerprint density at radius 3 is 2.77 bits per heavy atom. The van der Waals surface area contributed by atoms with E-state index in [4.69, 9.17) is 11.6 Å². The molecule has 1 nitrogen and oxygen atoms in total. The molecule has 0 aromatic heterocycles. The zero-order chi connectivity index (χ0) is 9.26. The predicted octanol–water partition coefficient (Wildman–Crippen LogP) is 4.07. The Bertz CT molecular complexity index is 310. The summed E-state index contributed by atoms with van der Waals surface area (Å²) in [6.45, 7) is 0. The SMILES string of the molecule is Clc1ccc(Br)c(NC2CCC2)c1. The van der Waals surface area contributed by atoms with Crippen molar-refractivity contribution >= 4 is 33.2 Å². The second kappa shape index (κ2) is 3.89. The van der Waals surface area contributed by atoms with E-state index in [0.717, 1.165) is 15.2 Å². The maximum absolute atomic E-state index is 5.90. The normalized spacial score (nSPS) is 16.8. The molecule has 0 amide bonds. The Morgan fingerprint density at radius 2 is 2.15 bits per heavy atom. The van der Waals surface area contributed by atoms with E-state index >= 15 is 0 Å². The van der Waals surface area contributed by atoms with E-state index in [1.165, 1.54) is 19.3 Å². The van der Waals surface area contributed by atoms with E-state index in [1.807, 2.05) is 18.2 Å². The largest absolute Gasteiger partial charge is 0.381 e. The van der Waals surface area contributed by atoms with Gasteiger partial charge in [-0.05, 0) is 53.4 Å². The Labute approximate surface area is 91.6 Å². The zero-order valence-electron chi connectivity index (χ0n) is 7.19. The van der Waals surface area contributed by atoms with Crippen LogP contribution in [0.2, 0.25) is 5.02 Å². The van der Waals surface area contributed by atoms with Crippen molar-refractivity contribution in [2.75, 3.05) is 5.32 Å². The van der Waals surface area contributed by atoms with Crippen LogP contribution in [0.4, 0.5) is 5.69 Å². The minimum atomic E-state index is 0.648. The van der Waals surface area contributed by atoms with Crippen molar-refractivity contribution in [3.63, 3.8) is 0 Å². The highest BCUT2D eigenvalue weighted by Gasteiger charge is 2.17. The van der Waals surface area contributed by atoms with Crippen LogP contribution in [0.1, 0.15) is 19.3 Å². The second-order valence-corrected chi connectivity index (χ2v) is 4.69. The van der Waals surface area contributed by atoms with Gasteiger partial charge in [-0.1, -0.05) is 11.6 Å². The Morgan fingerprint density at radius 1 is 1.38 bits per heavy atom. The van der Waals surface area contributed by atoms with Crippen LogP contribution < -0.4 is 5.32 Å². The first-order valence-electron chi connectivity index (χ1n) is 4.47. The summed E-state index contributed by atoms with van der Waals surface area (Å²) in [6.07, 6.45) is 3.90. The van der Waals surface area contributed by atoms with E-state index in [9.17, 15) is 0 Å². The van der Waals surface area contributed by atoms with Crippen molar-refractivity contribution in [3.05, 3.63) is 27.7 Å². The minimum absolute atomic E-state index is 0.648. The van der Waals surface area contributed by atoms with E-state index < -0.39 is 0 Å². The van der Waals surface area contributed by atoms with Crippen LogP contribution >= 0.6 is 27.5 Å². The van der Waals surface area contributed by atoms with Gasteiger partial charge in [0.2, 0.25) is 0 Å². The molecule has 1 aliphatic carbocycles. The maximum Gasteiger partial charge on any atom is 0.0501 e. The quantitative estimate of drug-likeness (QED) is 0.845. The van der Waals surface area contributed by atoms with Gasteiger partial charge >= 0.3 is 0 Å². The lowest BCUT2D eigenvalue weighted by Gasteiger charge is -2.28. The van der Waals surface area contributed by atoms with Crippen molar-refractivity contribution in [2.45, 2.75) is 25.3 Å². The molecule has 70 valence electrons. The van der Waals surface area contributed by atoms with Gasteiger partial charge < -0.3 is 5.32 Å². The third-order valence-corrected chi connectivity index (χ3v) is 3.32. The second-order valence-electron chi connectivity index (χ2n) is 3.40. The summed E-state index contributed by atoms with van der Waals surface area (Å²) in [6, 6.07) is 6.47. The van der Waals surface area contributed by atoms with Gasteiger partial charge in [-0.2, -0.15) is 0 Å². The van der Waals surface area contributed by atoms with Crippen LogP contribution in [0.15, 0.2) is 22.7 Å². The van der Waals surface area contributed by atoms with Gasteiger partial charge in [-0.25, -0.2) is 0 Å². The molecule has 0 bridgehead atoms. The molecule has 0 aliphatic heterocycles. The molecule has 1 aliphatic rings. The standard InChI is InChI=1S/C10H11BrClN/c11-9-5-4-7(12)6-10(9)13-8-2-1-3-8/h4-6,8,13H,1-3H2. The number of hydrogen-bond donors (Lipinski definition) is 1. The first-order valence-corrected chi connectivity index (χ1v) is 5.64. The van der Waals surface area contributed by atoms with Crippen molar-refractivity contribution in [1.82, 2.24) is 0 Å². The number of anilines is 1. The van der Waals surface area contributed by atoms with E-state index in [0.29, 0.717) is 6.04 Å². The van der Waals surface area contributed by atoms with Gasteiger partial charge in [-0.3, -0.25) is 0 Å². The summed E-state index contributed by atoms with van der Waals surface area (Å²) in [5.41, 5.74) is 1.11. The summed E-state index contributed by atoms with van der Waals surface area (Å²) in [5, 5.41) is 4.24. The maximum atomic E-state index is 5.90. The fourth-order valence-electron chi connectivity index (χ4n) is 1.38. The summed E-state index contributed by atoms with van der Waals surface area (Å²) >= 11 is 9.39.